The van der Waals surface area contributed by atoms with Gasteiger partial charge in [-0.15, -0.1) is 0 Å². The van der Waals surface area contributed by atoms with Crippen LogP contribution >= 0.6 is 0 Å². The minimum Gasteiger partial charge on any atom is -0.467 e. The third kappa shape index (κ3) is 4.19. The Labute approximate surface area is 127 Å². The molecule has 2 saturated heterocycles. The number of methoxy groups -OCH3 is 1. The van der Waals surface area contributed by atoms with Crippen LogP contribution in [0.2, 0.25) is 0 Å². The van der Waals surface area contributed by atoms with Crippen LogP contribution in [0, 0.1) is 11.8 Å². The van der Waals surface area contributed by atoms with Crippen LogP contribution in [0.25, 0.3) is 0 Å². The third-order valence-electron chi connectivity index (χ3n) is 4.93. The molecule has 0 aromatic rings. The van der Waals surface area contributed by atoms with Crippen molar-refractivity contribution < 1.29 is 14.3 Å². The van der Waals surface area contributed by atoms with Gasteiger partial charge in [0.05, 0.1) is 7.11 Å². The van der Waals surface area contributed by atoms with Gasteiger partial charge in [-0.1, -0.05) is 6.92 Å². The summed E-state index contributed by atoms with van der Waals surface area (Å²) in [7, 11) is 1.40. The number of nitrogens with one attached hydrogen (secondary N) is 1. The lowest BCUT2D eigenvalue weighted by molar-refractivity contribution is -0.155. The Kier molecular flexibility index (Phi) is 6.03. The molecule has 0 spiro atoms. The van der Waals surface area contributed by atoms with Crippen molar-refractivity contribution in [1.82, 2.24) is 10.2 Å². The summed E-state index contributed by atoms with van der Waals surface area (Å²) < 4.78 is 4.85. The lowest BCUT2D eigenvalue weighted by atomic mass is 9.85. The van der Waals surface area contributed by atoms with E-state index in [4.69, 9.17) is 4.74 Å². The maximum Gasteiger partial charge on any atom is 0.328 e. The van der Waals surface area contributed by atoms with Crippen LogP contribution in [0.4, 0.5) is 0 Å². The van der Waals surface area contributed by atoms with Gasteiger partial charge in [-0.3, -0.25) is 4.79 Å². The fraction of sp³-hybridized carbons (Fsp3) is 0.875. The standard InChI is InChI=1S/C16H28N2O3/c1-12(13-6-5-8-17-11-13)10-15(19)18-9-4-3-7-14(18)16(20)21-2/h12-14,17H,3-11H2,1-2H3. The van der Waals surface area contributed by atoms with E-state index in [-0.39, 0.29) is 17.9 Å². The van der Waals surface area contributed by atoms with Crippen LogP contribution in [0.15, 0.2) is 0 Å². The van der Waals surface area contributed by atoms with E-state index in [0.29, 0.717) is 24.8 Å². The largest absolute Gasteiger partial charge is 0.467 e. The fourth-order valence-electron chi connectivity index (χ4n) is 3.53. The fourth-order valence-corrected chi connectivity index (χ4v) is 3.53. The molecule has 1 N–H and O–H groups in total. The first-order valence-electron chi connectivity index (χ1n) is 8.21. The molecular weight excluding hydrogens is 268 g/mol. The van der Waals surface area contributed by atoms with Crippen LogP contribution in [0.1, 0.15) is 45.4 Å². The Balaban J connectivity index is 1.92. The van der Waals surface area contributed by atoms with E-state index >= 15 is 0 Å². The summed E-state index contributed by atoms with van der Waals surface area (Å²) in [5, 5.41) is 3.41. The number of carbonyl (C=O) groups is 2. The number of piperidine rings is 2. The van der Waals surface area contributed by atoms with E-state index in [1.807, 2.05) is 0 Å². The highest BCUT2D eigenvalue weighted by Crippen LogP contribution is 2.25. The average Bonchev–Trinajstić information content (AvgIpc) is 2.54. The van der Waals surface area contributed by atoms with Gasteiger partial charge in [0, 0.05) is 13.0 Å². The predicted molar refractivity (Wildman–Crippen MR) is 80.7 cm³/mol. The second kappa shape index (κ2) is 7.78. The summed E-state index contributed by atoms with van der Waals surface area (Å²) >= 11 is 0. The van der Waals surface area contributed by atoms with E-state index in [2.05, 4.69) is 12.2 Å². The number of carbonyl (C=O) groups excluding carboxylic acids is 2. The summed E-state index contributed by atoms with van der Waals surface area (Å²) in [5.74, 6) is 0.785. The van der Waals surface area contributed by atoms with Gasteiger partial charge in [-0.2, -0.15) is 0 Å². The Morgan fingerprint density at radius 2 is 2.10 bits per heavy atom. The molecule has 2 aliphatic rings. The first kappa shape index (κ1) is 16.3. The summed E-state index contributed by atoms with van der Waals surface area (Å²) in [6.07, 6.45) is 5.64. The molecule has 21 heavy (non-hydrogen) atoms. The Morgan fingerprint density at radius 1 is 1.29 bits per heavy atom. The summed E-state index contributed by atoms with van der Waals surface area (Å²) in [6.45, 7) is 4.95. The molecule has 0 radical (unpaired) electrons. The van der Waals surface area contributed by atoms with Gasteiger partial charge in [0.1, 0.15) is 6.04 Å². The molecule has 5 nitrogen and oxygen atoms in total. The topological polar surface area (TPSA) is 58.6 Å². The van der Waals surface area contributed by atoms with Gasteiger partial charge in [-0.25, -0.2) is 4.79 Å². The van der Waals surface area contributed by atoms with E-state index in [9.17, 15) is 9.59 Å². The molecule has 3 unspecified atom stereocenters. The van der Waals surface area contributed by atoms with Gasteiger partial charge in [0.2, 0.25) is 5.91 Å². The molecule has 2 fully saturated rings. The first-order chi connectivity index (χ1) is 10.1. The molecule has 0 bridgehead atoms. The van der Waals surface area contributed by atoms with Crippen molar-refractivity contribution in [2.75, 3.05) is 26.7 Å². The van der Waals surface area contributed by atoms with Crippen LogP contribution in [-0.2, 0) is 14.3 Å². The Morgan fingerprint density at radius 3 is 2.76 bits per heavy atom. The average molecular weight is 296 g/mol. The molecule has 0 aromatic carbocycles. The molecule has 120 valence electrons. The van der Waals surface area contributed by atoms with Crippen molar-refractivity contribution in [3.63, 3.8) is 0 Å². The number of esters is 1. The second-order valence-corrected chi connectivity index (χ2v) is 6.41. The van der Waals surface area contributed by atoms with Gasteiger partial charge in [-0.05, 0) is 57.0 Å². The molecule has 5 heteroatoms. The highest BCUT2D eigenvalue weighted by Gasteiger charge is 2.34. The van der Waals surface area contributed by atoms with Gasteiger partial charge in [0.15, 0.2) is 0 Å². The van der Waals surface area contributed by atoms with Crippen LogP contribution in [0.3, 0.4) is 0 Å². The number of rotatable bonds is 4. The maximum absolute atomic E-state index is 12.6. The molecule has 0 saturated carbocycles. The quantitative estimate of drug-likeness (QED) is 0.800. The summed E-state index contributed by atoms with van der Waals surface area (Å²) in [5.41, 5.74) is 0. The van der Waals surface area contributed by atoms with E-state index in [0.717, 1.165) is 32.4 Å². The minimum atomic E-state index is -0.368. The number of nitrogens with zero attached hydrogens (tertiary/aromatic N) is 1. The molecule has 0 aromatic heterocycles. The smallest absolute Gasteiger partial charge is 0.328 e. The SMILES string of the molecule is COC(=O)C1CCCCN1C(=O)CC(C)C1CCCNC1. The zero-order valence-corrected chi connectivity index (χ0v) is 13.3. The Bertz CT molecular complexity index is 367. The van der Waals surface area contributed by atoms with Crippen molar-refractivity contribution in [3.8, 4) is 0 Å². The first-order valence-corrected chi connectivity index (χ1v) is 8.21. The van der Waals surface area contributed by atoms with Crippen LogP contribution in [-0.4, -0.2) is 49.6 Å². The van der Waals surface area contributed by atoms with Crippen molar-refractivity contribution in [3.05, 3.63) is 0 Å². The van der Waals surface area contributed by atoms with Gasteiger partial charge < -0.3 is 15.0 Å². The van der Waals surface area contributed by atoms with Gasteiger partial charge >= 0.3 is 5.97 Å². The molecule has 3 atom stereocenters. The number of likely N-dealkylation sites (tertiary alicyclic amines) is 1. The van der Waals surface area contributed by atoms with E-state index < -0.39 is 0 Å². The van der Waals surface area contributed by atoms with Crippen molar-refractivity contribution in [2.45, 2.75) is 51.5 Å². The van der Waals surface area contributed by atoms with Gasteiger partial charge in [0.25, 0.3) is 0 Å². The lowest BCUT2D eigenvalue weighted by Crippen LogP contribution is -2.49. The van der Waals surface area contributed by atoms with Crippen molar-refractivity contribution in [2.24, 2.45) is 11.8 Å². The molecule has 1 amide bonds. The maximum atomic E-state index is 12.6. The highest BCUT2D eigenvalue weighted by atomic mass is 16.5. The summed E-state index contributed by atoms with van der Waals surface area (Å²) in [6, 6.07) is -0.368. The van der Waals surface area contributed by atoms with Crippen molar-refractivity contribution >= 4 is 11.9 Å². The molecule has 0 aliphatic carbocycles. The third-order valence-corrected chi connectivity index (χ3v) is 4.93. The number of ether oxygens (including phenoxy) is 1. The Hall–Kier alpha value is -1.10. The minimum absolute atomic E-state index is 0.114. The molecule has 2 rings (SSSR count). The van der Waals surface area contributed by atoms with E-state index in [1.165, 1.54) is 20.0 Å². The number of hydrogen-bond donors (Lipinski definition) is 1. The number of hydrogen-bond acceptors (Lipinski definition) is 4. The normalized spacial score (nSPS) is 28.0. The monoisotopic (exact) mass is 296 g/mol. The predicted octanol–water partition coefficient (Wildman–Crippen LogP) is 1.57. The molecular formula is C16H28N2O3. The highest BCUT2D eigenvalue weighted by molar-refractivity contribution is 5.84. The van der Waals surface area contributed by atoms with E-state index in [1.54, 1.807) is 4.90 Å². The van der Waals surface area contributed by atoms with Crippen LogP contribution < -0.4 is 5.32 Å². The van der Waals surface area contributed by atoms with Crippen molar-refractivity contribution in [1.29, 1.82) is 0 Å². The zero-order valence-electron chi connectivity index (χ0n) is 13.3. The van der Waals surface area contributed by atoms with Crippen LogP contribution in [0.5, 0.6) is 0 Å². The second-order valence-electron chi connectivity index (χ2n) is 6.41. The molecule has 2 aliphatic heterocycles. The zero-order chi connectivity index (χ0) is 15.2. The lowest BCUT2D eigenvalue weighted by Gasteiger charge is -2.35. The molecule has 2 heterocycles. The summed E-state index contributed by atoms with van der Waals surface area (Å²) in [4.78, 5) is 26.2. The number of amides is 1.